The number of nitrogens with zero attached hydrogens (tertiary/aromatic N) is 1. The summed E-state index contributed by atoms with van der Waals surface area (Å²) >= 11 is 0. The van der Waals surface area contributed by atoms with E-state index < -0.39 is 0 Å². The van der Waals surface area contributed by atoms with Gasteiger partial charge in [-0.2, -0.15) is 5.10 Å². The molecule has 0 heterocycles. The Hall–Kier alpha value is -3.34. The molecule has 0 saturated heterocycles. The zero-order valence-electron chi connectivity index (χ0n) is 14.9. The third-order valence-corrected chi connectivity index (χ3v) is 4.11. The molecule has 3 aromatic carbocycles. The molecule has 0 aliphatic heterocycles. The maximum absolute atomic E-state index is 12.5. The Labute approximate surface area is 152 Å². The molecular weight excluding hydrogens is 328 g/mol. The van der Waals surface area contributed by atoms with Crippen LogP contribution in [0.4, 0.5) is 0 Å². The minimum atomic E-state index is -0.325. The summed E-state index contributed by atoms with van der Waals surface area (Å²) in [6.07, 6.45) is 1.60. The van der Waals surface area contributed by atoms with Crippen LogP contribution in [0, 0.1) is 6.92 Å². The van der Waals surface area contributed by atoms with Crippen LogP contribution in [-0.4, -0.2) is 26.3 Å². The molecule has 0 fully saturated rings. The summed E-state index contributed by atoms with van der Waals surface area (Å²) in [5.74, 6) is 0.998. The van der Waals surface area contributed by atoms with Gasteiger partial charge in [-0.15, -0.1) is 0 Å². The van der Waals surface area contributed by atoms with Gasteiger partial charge in [0, 0.05) is 0 Å². The Morgan fingerprint density at radius 1 is 0.962 bits per heavy atom. The first-order chi connectivity index (χ1) is 12.6. The zero-order valence-corrected chi connectivity index (χ0v) is 14.9. The van der Waals surface area contributed by atoms with Gasteiger partial charge in [-0.05, 0) is 59.2 Å². The number of methoxy groups -OCH3 is 2. The van der Waals surface area contributed by atoms with E-state index in [1.807, 2.05) is 55.5 Å². The van der Waals surface area contributed by atoms with E-state index in [4.69, 9.17) is 9.47 Å². The molecule has 0 atom stereocenters. The number of carbonyl (C=O) groups is 1. The van der Waals surface area contributed by atoms with Crippen molar-refractivity contribution in [1.29, 1.82) is 0 Å². The lowest BCUT2D eigenvalue weighted by molar-refractivity contribution is 0.0952. The first-order valence-corrected chi connectivity index (χ1v) is 8.17. The van der Waals surface area contributed by atoms with Gasteiger partial charge in [0.15, 0.2) is 0 Å². The van der Waals surface area contributed by atoms with Crippen LogP contribution in [0.2, 0.25) is 0 Å². The summed E-state index contributed by atoms with van der Waals surface area (Å²) in [5, 5.41) is 6.03. The molecule has 0 aliphatic rings. The van der Waals surface area contributed by atoms with Crippen LogP contribution in [-0.2, 0) is 0 Å². The van der Waals surface area contributed by atoms with Gasteiger partial charge >= 0.3 is 0 Å². The van der Waals surface area contributed by atoms with Crippen molar-refractivity contribution in [1.82, 2.24) is 5.43 Å². The summed E-state index contributed by atoms with van der Waals surface area (Å²) in [5.41, 5.74) is 4.86. The number of hydrogen-bond acceptors (Lipinski definition) is 4. The highest BCUT2D eigenvalue weighted by molar-refractivity contribution is 6.01. The molecule has 1 N–H and O–H groups in total. The summed E-state index contributed by atoms with van der Waals surface area (Å²) < 4.78 is 10.6. The molecule has 0 saturated carbocycles. The maximum atomic E-state index is 12.5. The monoisotopic (exact) mass is 348 g/mol. The fraction of sp³-hybridized carbons (Fsp3) is 0.143. The van der Waals surface area contributed by atoms with Gasteiger partial charge < -0.3 is 9.47 Å². The topological polar surface area (TPSA) is 59.9 Å². The first kappa shape index (κ1) is 17.5. The van der Waals surface area contributed by atoms with Gasteiger partial charge in [-0.1, -0.05) is 24.3 Å². The van der Waals surface area contributed by atoms with E-state index in [0.29, 0.717) is 11.3 Å². The lowest BCUT2D eigenvalue weighted by Gasteiger charge is -2.09. The molecule has 0 aliphatic carbocycles. The number of hydrogen-bond donors (Lipinski definition) is 1. The second-order valence-corrected chi connectivity index (χ2v) is 5.83. The summed E-state index contributed by atoms with van der Waals surface area (Å²) in [7, 11) is 3.18. The lowest BCUT2D eigenvalue weighted by atomic mass is 10.1. The quantitative estimate of drug-likeness (QED) is 0.561. The van der Waals surface area contributed by atoms with E-state index >= 15 is 0 Å². The molecule has 5 heteroatoms. The molecule has 0 bridgehead atoms. The van der Waals surface area contributed by atoms with Gasteiger partial charge in [-0.25, -0.2) is 5.43 Å². The normalized spacial score (nSPS) is 10.9. The number of amides is 1. The lowest BCUT2D eigenvalue weighted by Crippen LogP contribution is -2.18. The maximum Gasteiger partial charge on any atom is 0.275 e. The average molecular weight is 348 g/mol. The summed E-state index contributed by atoms with van der Waals surface area (Å²) in [6.45, 7) is 1.95. The minimum absolute atomic E-state index is 0.325. The van der Waals surface area contributed by atoms with Crippen LogP contribution in [0.5, 0.6) is 11.5 Å². The van der Waals surface area contributed by atoms with Crippen molar-refractivity contribution >= 4 is 22.9 Å². The predicted octanol–water partition coefficient (Wildman–Crippen LogP) is 3.93. The third kappa shape index (κ3) is 3.67. The van der Waals surface area contributed by atoms with Crippen LogP contribution in [0.3, 0.4) is 0 Å². The van der Waals surface area contributed by atoms with Crippen LogP contribution in [0.1, 0.15) is 21.5 Å². The van der Waals surface area contributed by atoms with Gasteiger partial charge in [-0.3, -0.25) is 4.79 Å². The Morgan fingerprint density at radius 3 is 2.31 bits per heavy atom. The number of benzene rings is 3. The van der Waals surface area contributed by atoms with Crippen molar-refractivity contribution in [3.63, 3.8) is 0 Å². The van der Waals surface area contributed by atoms with Crippen molar-refractivity contribution in [2.24, 2.45) is 5.10 Å². The Kier molecular flexibility index (Phi) is 5.17. The van der Waals surface area contributed by atoms with Crippen molar-refractivity contribution in [2.45, 2.75) is 6.92 Å². The Bertz CT molecular complexity index is 980. The fourth-order valence-electron chi connectivity index (χ4n) is 2.77. The highest BCUT2D eigenvalue weighted by Crippen LogP contribution is 2.25. The van der Waals surface area contributed by atoms with Crippen LogP contribution in [0.25, 0.3) is 10.8 Å². The number of aryl methyl sites for hydroxylation is 1. The van der Waals surface area contributed by atoms with Crippen LogP contribution < -0.4 is 14.9 Å². The molecule has 0 radical (unpaired) electrons. The molecular formula is C21H20N2O3. The summed E-state index contributed by atoms with van der Waals surface area (Å²) in [6, 6.07) is 17.1. The third-order valence-electron chi connectivity index (χ3n) is 4.11. The van der Waals surface area contributed by atoms with Crippen molar-refractivity contribution in [3.8, 4) is 11.5 Å². The summed E-state index contributed by atoms with van der Waals surface area (Å²) in [4.78, 5) is 12.5. The number of carbonyl (C=O) groups excluding carboxylic acids is 1. The van der Waals surface area contributed by atoms with Gasteiger partial charge in [0.05, 0.1) is 26.0 Å². The fourth-order valence-corrected chi connectivity index (χ4v) is 2.77. The van der Waals surface area contributed by atoms with Gasteiger partial charge in [0.1, 0.15) is 11.5 Å². The highest BCUT2D eigenvalue weighted by atomic mass is 16.5. The molecule has 0 aromatic heterocycles. The number of rotatable bonds is 5. The molecule has 132 valence electrons. The molecule has 0 unspecified atom stereocenters. The van der Waals surface area contributed by atoms with Crippen molar-refractivity contribution < 1.29 is 14.3 Å². The van der Waals surface area contributed by atoms with Crippen molar-refractivity contribution in [2.75, 3.05) is 14.2 Å². The molecule has 3 rings (SSSR count). The number of nitrogens with one attached hydrogen (secondary N) is 1. The largest absolute Gasteiger partial charge is 0.496 e. The van der Waals surface area contributed by atoms with Crippen LogP contribution in [0.15, 0.2) is 59.7 Å². The second-order valence-electron chi connectivity index (χ2n) is 5.83. The van der Waals surface area contributed by atoms with Gasteiger partial charge in [0.2, 0.25) is 0 Å². The Balaban J connectivity index is 1.79. The molecule has 0 spiro atoms. The number of fused-ring (bicyclic) bond motifs is 1. The molecule has 1 amide bonds. The van der Waals surface area contributed by atoms with E-state index in [0.717, 1.165) is 27.6 Å². The van der Waals surface area contributed by atoms with E-state index in [2.05, 4.69) is 10.5 Å². The SMILES string of the molecule is COc1ccc(C=NNC(=O)c2cc3ccccc3cc2OC)cc1C. The van der Waals surface area contributed by atoms with Gasteiger partial charge in [0.25, 0.3) is 5.91 Å². The zero-order chi connectivity index (χ0) is 18.5. The number of hydrazone groups is 1. The smallest absolute Gasteiger partial charge is 0.275 e. The second kappa shape index (κ2) is 7.70. The number of ether oxygens (including phenoxy) is 2. The highest BCUT2D eigenvalue weighted by Gasteiger charge is 2.13. The van der Waals surface area contributed by atoms with E-state index in [1.165, 1.54) is 0 Å². The van der Waals surface area contributed by atoms with E-state index in [-0.39, 0.29) is 5.91 Å². The molecule has 5 nitrogen and oxygen atoms in total. The average Bonchev–Trinajstić information content (AvgIpc) is 2.67. The standard InChI is InChI=1S/C21H20N2O3/c1-14-10-15(8-9-19(14)25-2)13-22-23-21(24)18-11-16-6-4-5-7-17(16)12-20(18)26-3/h4-13H,1-3H3,(H,23,24). The van der Waals surface area contributed by atoms with Crippen molar-refractivity contribution in [3.05, 3.63) is 71.3 Å². The van der Waals surface area contributed by atoms with E-state index in [1.54, 1.807) is 26.5 Å². The van der Waals surface area contributed by atoms with Crippen LogP contribution >= 0.6 is 0 Å². The molecule has 26 heavy (non-hydrogen) atoms. The van der Waals surface area contributed by atoms with E-state index in [9.17, 15) is 4.79 Å². The minimum Gasteiger partial charge on any atom is -0.496 e. The first-order valence-electron chi connectivity index (χ1n) is 8.17. The Morgan fingerprint density at radius 2 is 1.65 bits per heavy atom. The predicted molar refractivity (Wildman–Crippen MR) is 103 cm³/mol. The molecule has 3 aromatic rings.